The number of carbonyl (C=O) groups excluding carboxylic acids is 1. The lowest BCUT2D eigenvalue weighted by atomic mass is 10.1. The molecule has 0 saturated carbocycles. The molecule has 7 heteroatoms. The third-order valence-electron chi connectivity index (χ3n) is 3.12. The largest absolute Gasteiger partial charge is 0.497 e. The zero-order chi connectivity index (χ0) is 17.0. The number of carbonyl (C=O) groups is 1. The van der Waals surface area contributed by atoms with Gasteiger partial charge in [-0.3, -0.25) is 4.79 Å². The standard InChI is InChI=1S/C16H14Cl3NO3/c1-22-10-3-4-15(23-2)9(5-10)6-16(21)20-14-8-12(18)11(17)7-13(14)19/h3-5,7-8H,6H2,1-2H3,(H,20,21). The van der Waals surface area contributed by atoms with Crippen LogP contribution in [0.25, 0.3) is 0 Å². The first-order chi connectivity index (χ1) is 10.9. The molecule has 0 bridgehead atoms. The molecule has 2 rings (SSSR count). The molecule has 2 aromatic carbocycles. The van der Waals surface area contributed by atoms with Crippen LogP contribution in [0.4, 0.5) is 5.69 Å². The van der Waals surface area contributed by atoms with Crippen molar-refractivity contribution in [1.82, 2.24) is 0 Å². The Morgan fingerprint density at radius 2 is 1.70 bits per heavy atom. The predicted octanol–water partition coefficient (Wildman–Crippen LogP) is 4.85. The van der Waals surface area contributed by atoms with E-state index < -0.39 is 0 Å². The molecule has 122 valence electrons. The quantitative estimate of drug-likeness (QED) is 0.761. The molecular weight excluding hydrogens is 361 g/mol. The monoisotopic (exact) mass is 373 g/mol. The van der Waals surface area contributed by atoms with Crippen molar-refractivity contribution < 1.29 is 14.3 Å². The maximum Gasteiger partial charge on any atom is 0.228 e. The molecule has 2 aromatic rings. The molecule has 0 saturated heterocycles. The SMILES string of the molecule is COc1ccc(OC)c(CC(=O)Nc2cc(Cl)c(Cl)cc2Cl)c1. The Bertz CT molecular complexity index is 735. The first-order valence-corrected chi connectivity index (χ1v) is 7.73. The summed E-state index contributed by atoms with van der Waals surface area (Å²) in [6.07, 6.45) is 0.0942. The zero-order valence-corrected chi connectivity index (χ0v) is 14.7. The summed E-state index contributed by atoms with van der Waals surface area (Å²) < 4.78 is 10.4. The lowest BCUT2D eigenvalue weighted by molar-refractivity contribution is -0.115. The van der Waals surface area contributed by atoms with Gasteiger partial charge in [-0.05, 0) is 30.3 Å². The van der Waals surface area contributed by atoms with E-state index in [1.807, 2.05) is 0 Å². The van der Waals surface area contributed by atoms with Crippen molar-refractivity contribution in [2.45, 2.75) is 6.42 Å². The van der Waals surface area contributed by atoms with Gasteiger partial charge in [-0.1, -0.05) is 34.8 Å². The third kappa shape index (κ3) is 4.44. The van der Waals surface area contributed by atoms with Crippen LogP contribution >= 0.6 is 34.8 Å². The second-order valence-corrected chi connectivity index (χ2v) is 5.87. The fraction of sp³-hybridized carbons (Fsp3) is 0.188. The fourth-order valence-corrected chi connectivity index (χ4v) is 2.60. The van der Waals surface area contributed by atoms with Crippen LogP contribution in [0, 0.1) is 0 Å². The predicted molar refractivity (Wildman–Crippen MR) is 93.4 cm³/mol. The molecule has 0 fully saturated rings. The second-order valence-electron chi connectivity index (χ2n) is 4.65. The normalized spacial score (nSPS) is 10.3. The van der Waals surface area contributed by atoms with E-state index in [1.165, 1.54) is 12.1 Å². The summed E-state index contributed by atoms with van der Waals surface area (Å²) in [6.45, 7) is 0. The van der Waals surface area contributed by atoms with Crippen molar-refractivity contribution in [3.8, 4) is 11.5 Å². The molecule has 1 N–H and O–H groups in total. The van der Waals surface area contributed by atoms with Crippen LogP contribution < -0.4 is 14.8 Å². The topological polar surface area (TPSA) is 47.6 Å². The van der Waals surface area contributed by atoms with Crippen LogP contribution in [0.2, 0.25) is 15.1 Å². The van der Waals surface area contributed by atoms with Crippen LogP contribution in [-0.4, -0.2) is 20.1 Å². The molecule has 0 unspecified atom stereocenters. The van der Waals surface area contributed by atoms with E-state index in [-0.39, 0.29) is 12.3 Å². The van der Waals surface area contributed by atoms with E-state index in [9.17, 15) is 4.79 Å². The van der Waals surface area contributed by atoms with Gasteiger partial charge in [0.15, 0.2) is 0 Å². The van der Waals surface area contributed by atoms with Gasteiger partial charge in [0.2, 0.25) is 5.91 Å². The minimum Gasteiger partial charge on any atom is -0.497 e. The Balaban J connectivity index is 2.18. The van der Waals surface area contributed by atoms with Gasteiger partial charge in [-0.2, -0.15) is 0 Å². The minimum atomic E-state index is -0.267. The molecule has 0 aliphatic heterocycles. The van der Waals surface area contributed by atoms with Crippen LogP contribution in [-0.2, 0) is 11.2 Å². The molecule has 0 heterocycles. The first kappa shape index (κ1) is 17.7. The number of halogens is 3. The highest BCUT2D eigenvalue weighted by Crippen LogP contribution is 2.32. The van der Waals surface area contributed by atoms with E-state index in [1.54, 1.807) is 32.4 Å². The lowest BCUT2D eigenvalue weighted by Gasteiger charge is -2.12. The van der Waals surface area contributed by atoms with E-state index >= 15 is 0 Å². The van der Waals surface area contributed by atoms with Crippen molar-refractivity contribution in [2.75, 3.05) is 19.5 Å². The van der Waals surface area contributed by atoms with Crippen LogP contribution in [0.3, 0.4) is 0 Å². The summed E-state index contributed by atoms with van der Waals surface area (Å²) >= 11 is 17.9. The maximum atomic E-state index is 12.3. The Morgan fingerprint density at radius 1 is 1.00 bits per heavy atom. The van der Waals surface area contributed by atoms with Crippen LogP contribution in [0.1, 0.15) is 5.56 Å². The van der Waals surface area contributed by atoms with Gasteiger partial charge < -0.3 is 14.8 Å². The fourth-order valence-electron chi connectivity index (χ4n) is 2.01. The van der Waals surface area contributed by atoms with Crippen molar-refractivity contribution in [3.05, 3.63) is 51.0 Å². The molecule has 0 radical (unpaired) electrons. The Morgan fingerprint density at radius 3 is 2.35 bits per heavy atom. The van der Waals surface area contributed by atoms with E-state index in [0.717, 1.165) is 0 Å². The third-order valence-corrected chi connectivity index (χ3v) is 4.16. The summed E-state index contributed by atoms with van der Waals surface area (Å²) in [4.78, 5) is 12.3. The second kappa shape index (κ2) is 7.77. The number of hydrogen-bond donors (Lipinski definition) is 1. The van der Waals surface area contributed by atoms with Crippen LogP contribution in [0.15, 0.2) is 30.3 Å². The lowest BCUT2D eigenvalue weighted by Crippen LogP contribution is -2.15. The number of ether oxygens (including phenoxy) is 2. The highest BCUT2D eigenvalue weighted by Gasteiger charge is 2.13. The smallest absolute Gasteiger partial charge is 0.228 e. The highest BCUT2D eigenvalue weighted by molar-refractivity contribution is 6.44. The number of rotatable bonds is 5. The molecule has 4 nitrogen and oxygen atoms in total. The summed E-state index contributed by atoms with van der Waals surface area (Å²) in [5.74, 6) is 0.971. The molecule has 0 atom stereocenters. The van der Waals surface area contributed by atoms with E-state index in [2.05, 4.69) is 5.32 Å². The molecule has 0 aliphatic carbocycles. The summed E-state index contributed by atoms with van der Waals surface area (Å²) in [7, 11) is 3.10. The van der Waals surface area contributed by atoms with Crippen molar-refractivity contribution in [3.63, 3.8) is 0 Å². The van der Waals surface area contributed by atoms with Gasteiger partial charge >= 0.3 is 0 Å². The highest BCUT2D eigenvalue weighted by atomic mass is 35.5. The number of anilines is 1. The van der Waals surface area contributed by atoms with Gasteiger partial charge in [-0.15, -0.1) is 0 Å². The van der Waals surface area contributed by atoms with Gasteiger partial charge in [0.25, 0.3) is 0 Å². The Hall–Kier alpha value is -1.62. The summed E-state index contributed by atoms with van der Waals surface area (Å²) in [5.41, 5.74) is 1.09. The van der Waals surface area contributed by atoms with Gasteiger partial charge in [-0.25, -0.2) is 0 Å². The average Bonchev–Trinajstić information content (AvgIpc) is 2.52. The van der Waals surface area contributed by atoms with E-state index in [4.69, 9.17) is 44.3 Å². The number of nitrogens with one attached hydrogen (secondary N) is 1. The Kier molecular flexibility index (Phi) is 5.99. The van der Waals surface area contributed by atoms with Gasteiger partial charge in [0, 0.05) is 5.56 Å². The summed E-state index contributed by atoms with van der Waals surface area (Å²) in [5, 5.41) is 3.65. The number of hydrogen-bond acceptors (Lipinski definition) is 3. The van der Waals surface area contributed by atoms with Gasteiger partial charge in [0.05, 0.1) is 41.4 Å². The molecule has 0 spiro atoms. The minimum absolute atomic E-state index is 0.0942. The van der Waals surface area contributed by atoms with Crippen molar-refractivity contribution in [1.29, 1.82) is 0 Å². The number of methoxy groups -OCH3 is 2. The molecular formula is C16H14Cl3NO3. The van der Waals surface area contributed by atoms with Crippen molar-refractivity contribution in [2.24, 2.45) is 0 Å². The Labute approximate surface area is 149 Å². The van der Waals surface area contributed by atoms with E-state index in [0.29, 0.717) is 37.8 Å². The summed E-state index contributed by atoms with van der Waals surface area (Å²) in [6, 6.07) is 8.23. The van der Waals surface area contributed by atoms with Crippen molar-refractivity contribution >= 4 is 46.4 Å². The average molecular weight is 375 g/mol. The first-order valence-electron chi connectivity index (χ1n) is 6.60. The molecule has 23 heavy (non-hydrogen) atoms. The molecule has 1 amide bonds. The molecule has 0 aliphatic rings. The zero-order valence-electron chi connectivity index (χ0n) is 12.5. The maximum absolute atomic E-state index is 12.3. The van der Waals surface area contributed by atoms with Crippen LogP contribution in [0.5, 0.6) is 11.5 Å². The number of amides is 1. The van der Waals surface area contributed by atoms with Gasteiger partial charge in [0.1, 0.15) is 11.5 Å². The molecule has 0 aromatic heterocycles. The number of benzene rings is 2.